The number of hydrogen-bond donors (Lipinski definition) is 2. The summed E-state index contributed by atoms with van der Waals surface area (Å²) in [6.45, 7) is 3.73. The molecule has 0 aromatic heterocycles. The van der Waals surface area contributed by atoms with Crippen LogP contribution in [0.1, 0.15) is 32.6 Å². The molecule has 1 heterocycles. The molecule has 2 N–H and O–H groups in total. The van der Waals surface area contributed by atoms with Crippen molar-refractivity contribution in [3.8, 4) is 5.75 Å². The fraction of sp³-hybridized carbons (Fsp3) is 0.533. The zero-order valence-corrected chi connectivity index (χ0v) is 11.4. The summed E-state index contributed by atoms with van der Waals surface area (Å²) in [7, 11) is 0. The molecule has 1 fully saturated rings. The molecule has 1 amide bonds. The number of piperidine rings is 1. The minimum atomic E-state index is -0.0511. The molecule has 0 aliphatic carbocycles. The maximum atomic E-state index is 12.0. The molecule has 4 heteroatoms. The molecule has 2 rings (SSSR count). The van der Waals surface area contributed by atoms with Gasteiger partial charge in [0.15, 0.2) is 0 Å². The van der Waals surface area contributed by atoms with Gasteiger partial charge in [0.1, 0.15) is 5.75 Å². The zero-order chi connectivity index (χ0) is 13.5. The first-order valence-electron chi connectivity index (χ1n) is 7.06. The molecular formula is C15H22N2O2. The SMILES string of the molecule is CCCOc1ccc(NC(=O)[C@H]2CCCCN2)cc1. The summed E-state index contributed by atoms with van der Waals surface area (Å²) >= 11 is 0. The van der Waals surface area contributed by atoms with Crippen LogP contribution in [0.25, 0.3) is 0 Å². The third kappa shape index (κ3) is 4.24. The maximum absolute atomic E-state index is 12.0. The van der Waals surface area contributed by atoms with Crippen LogP contribution in [-0.4, -0.2) is 25.1 Å². The van der Waals surface area contributed by atoms with Crippen LogP contribution < -0.4 is 15.4 Å². The molecule has 1 aromatic rings. The van der Waals surface area contributed by atoms with Gasteiger partial charge in [-0.25, -0.2) is 0 Å². The highest BCUT2D eigenvalue weighted by molar-refractivity contribution is 5.94. The molecule has 0 spiro atoms. The predicted octanol–water partition coefficient (Wildman–Crippen LogP) is 2.56. The van der Waals surface area contributed by atoms with Gasteiger partial charge >= 0.3 is 0 Å². The van der Waals surface area contributed by atoms with Crippen molar-refractivity contribution in [2.75, 3.05) is 18.5 Å². The second kappa shape index (κ2) is 7.14. The van der Waals surface area contributed by atoms with Crippen molar-refractivity contribution in [3.63, 3.8) is 0 Å². The van der Waals surface area contributed by atoms with Gasteiger partial charge in [-0.2, -0.15) is 0 Å². The van der Waals surface area contributed by atoms with E-state index in [0.717, 1.165) is 50.3 Å². The Morgan fingerprint density at radius 2 is 2.16 bits per heavy atom. The van der Waals surface area contributed by atoms with Crippen LogP contribution in [0.15, 0.2) is 24.3 Å². The summed E-state index contributed by atoms with van der Waals surface area (Å²) < 4.78 is 5.51. The second-order valence-electron chi connectivity index (χ2n) is 4.86. The second-order valence-corrected chi connectivity index (χ2v) is 4.86. The molecule has 4 nitrogen and oxygen atoms in total. The Labute approximate surface area is 114 Å². The van der Waals surface area contributed by atoms with Crippen molar-refractivity contribution in [1.82, 2.24) is 5.32 Å². The van der Waals surface area contributed by atoms with E-state index in [4.69, 9.17) is 4.74 Å². The van der Waals surface area contributed by atoms with E-state index in [1.807, 2.05) is 24.3 Å². The number of rotatable bonds is 5. The fourth-order valence-corrected chi connectivity index (χ4v) is 2.16. The lowest BCUT2D eigenvalue weighted by Crippen LogP contribution is -2.43. The summed E-state index contributed by atoms with van der Waals surface area (Å²) in [5, 5.41) is 6.18. The Morgan fingerprint density at radius 1 is 1.37 bits per heavy atom. The van der Waals surface area contributed by atoms with Gasteiger partial charge in [-0.1, -0.05) is 13.3 Å². The van der Waals surface area contributed by atoms with Crippen LogP contribution >= 0.6 is 0 Å². The van der Waals surface area contributed by atoms with Crippen molar-refractivity contribution >= 4 is 11.6 Å². The van der Waals surface area contributed by atoms with E-state index in [1.54, 1.807) is 0 Å². The number of carbonyl (C=O) groups excluding carboxylic acids is 1. The van der Waals surface area contributed by atoms with Gasteiger partial charge in [-0.05, 0) is 50.1 Å². The molecule has 104 valence electrons. The lowest BCUT2D eigenvalue weighted by molar-refractivity contribution is -0.118. The minimum Gasteiger partial charge on any atom is -0.494 e. The van der Waals surface area contributed by atoms with Gasteiger partial charge < -0.3 is 15.4 Å². The van der Waals surface area contributed by atoms with E-state index in [9.17, 15) is 4.79 Å². The normalized spacial score (nSPS) is 18.9. The Kier molecular flexibility index (Phi) is 5.21. The van der Waals surface area contributed by atoms with Crippen LogP contribution in [0.3, 0.4) is 0 Å². The largest absolute Gasteiger partial charge is 0.494 e. The monoisotopic (exact) mass is 262 g/mol. The standard InChI is InChI=1S/C15H22N2O2/c1-2-11-19-13-8-6-12(7-9-13)17-15(18)14-5-3-4-10-16-14/h6-9,14,16H,2-5,10-11H2,1H3,(H,17,18)/t14-/m1/s1. The Bertz CT molecular complexity index is 397. The molecule has 1 aliphatic heterocycles. The number of hydrogen-bond acceptors (Lipinski definition) is 3. The molecular weight excluding hydrogens is 240 g/mol. The van der Waals surface area contributed by atoms with Gasteiger partial charge in [0.05, 0.1) is 12.6 Å². The molecule has 19 heavy (non-hydrogen) atoms. The predicted molar refractivity (Wildman–Crippen MR) is 76.5 cm³/mol. The molecule has 0 saturated carbocycles. The molecule has 0 radical (unpaired) electrons. The van der Waals surface area contributed by atoms with Gasteiger partial charge in [-0.15, -0.1) is 0 Å². The van der Waals surface area contributed by atoms with Crippen molar-refractivity contribution in [1.29, 1.82) is 0 Å². The Hall–Kier alpha value is -1.55. The molecule has 0 bridgehead atoms. The van der Waals surface area contributed by atoms with E-state index in [-0.39, 0.29) is 11.9 Å². The zero-order valence-electron chi connectivity index (χ0n) is 11.4. The van der Waals surface area contributed by atoms with Crippen molar-refractivity contribution in [3.05, 3.63) is 24.3 Å². The first-order chi connectivity index (χ1) is 9.29. The van der Waals surface area contributed by atoms with E-state index in [0.29, 0.717) is 0 Å². The van der Waals surface area contributed by atoms with Crippen LogP contribution in [0, 0.1) is 0 Å². The Morgan fingerprint density at radius 3 is 2.79 bits per heavy atom. The molecule has 0 unspecified atom stereocenters. The summed E-state index contributed by atoms with van der Waals surface area (Å²) in [5.74, 6) is 0.901. The number of amides is 1. The fourth-order valence-electron chi connectivity index (χ4n) is 2.16. The summed E-state index contributed by atoms with van der Waals surface area (Å²) in [5.41, 5.74) is 0.821. The lowest BCUT2D eigenvalue weighted by atomic mass is 10.0. The number of anilines is 1. The van der Waals surface area contributed by atoms with Crippen molar-refractivity contribution in [2.24, 2.45) is 0 Å². The average Bonchev–Trinajstić information content (AvgIpc) is 2.47. The smallest absolute Gasteiger partial charge is 0.241 e. The van der Waals surface area contributed by atoms with Crippen LogP contribution in [-0.2, 0) is 4.79 Å². The van der Waals surface area contributed by atoms with E-state index in [1.165, 1.54) is 0 Å². The molecule has 1 saturated heterocycles. The van der Waals surface area contributed by atoms with Crippen molar-refractivity contribution < 1.29 is 9.53 Å². The summed E-state index contributed by atoms with van der Waals surface area (Å²) in [6.07, 6.45) is 4.19. The number of carbonyl (C=O) groups is 1. The van der Waals surface area contributed by atoms with Crippen LogP contribution in [0.5, 0.6) is 5.75 Å². The van der Waals surface area contributed by atoms with Gasteiger partial charge in [0.2, 0.25) is 5.91 Å². The van der Waals surface area contributed by atoms with Gasteiger partial charge in [0.25, 0.3) is 0 Å². The third-order valence-corrected chi connectivity index (χ3v) is 3.22. The molecule has 1 aromatic carbocycles. The van der Waals surface area contributed by atoms with Crippen LogP contribution in [0.2, 0.25) is 0 Å². The first kappa shape index (κ1) is 13.9. The van der Waals surface area contributed by atoms with Gasteiger partial charge in [-0.3, -0.25) is 4.79 Å². The third-order valence-electron chi connectivity index (χ3n) is 3.22. The quantitative estimate of drug-likeness (QED) is 0.857. The summed E-state index contributed by atoms with van der Waals surface area (Å²) in [4.78, 5) is 12.0. The highest BCUT2D eigenvalue weighted by atomic mass is 16.5. The summed E-state index contributed by atoms with van der Waals surface area (Å²) in [6, 6.07) is 7.49. The van der Waals surface area contributed by atoms with E-state index >= 15 is 0 Å². The molecule has 1 aliphatic rings. The first-order valence-corrected chi connectivity index (χ1v) is 7.06. The van der Waals surface area contributed by atoms with Crippen molar-refractivity contribution in [2.45, 2.75) is 38.6 Å². The highest BCUT2D eigenvalue weighted by Gasteiger charge is 2.20. The lowest BCUT2D eigenvalue weighted by Gasteiger charge is -2.22. The minimum absolute atomic E-state index is 0.0511. The number of ether oxygens (including phenoxy) is 1. The van der Waals surface area contributed by atoms with Crippen LogP contribution in [0.4, 0.5) is 5.69 Å². The molecule has 1 atom stereocenters. The average molecular weight is 262 g/mol. The maximum Gasteiger partial charge on any atom is 0.241 e. The Balaban J connectivity index is 1.86. The number of nitrogens with one attached hydrogen (secondary N) is 2. The topological polar surface area (TPSA) is 50.4 Å². The number of benzene rings is 1. The van der Waals surface area contributed by atoms with Gasteiger partial charge in [0, 0.05) is 5.69 Å². The van der Waals surface area contributed by atoms with E-state index < -0.39 is 0 Å². The van der Waals surface area contributed by atoms with E-state index in [2.05, 4.69) is 17.6 Å². The highest BCUT2D eigenvalue weighted by Crippen LogP contribution is 2.17.